The lowest BCUT2D eigenvalue weighted by Crippen LogP contribution is -1.98. The number of fused-ring (bicyclic) bond motifs is 4. The molecule has 3 aromatic carbocycles. The van der Waals surface area contributed by atoms with Crippen LogP contribution in [-0.4, -0.2) is 9.13 Å². The summed E-state index contributed by atoms with van der Waals surface area (Å²) in [5, 5.41) is 2.49. The molecular formula is C42H38N2. The van der Waals surface area contributed by atoms with Crippen LogP contribution in [0.4, 0.5) is 0 Å². The van der Waals surface area contributed by atoms with Gasteiger partial charge in [0, 0.05) is 39.0 Å². The molecule has 0 saturated carbocycles. The van der Waals surface area contributed by atoms with Crippen LogP contribution in [0.2, 0.25) is 0 Å². The van der Waals surface area contributed by atoms with Crippen molar-refractivity contribution in [1.82, 2.24) is 9.13 Å². The molecule has 0 atom stereocenters. The Hall–Kier alpha value is -5.26. The Morgan fingerprint density at radius 1 is 0.932 bits per heavy atom. The van der Waals surface area contributed by atoms with E-state index in [9.17, 15) is 0 Å². The Morgan fingerprint density at radius 2 is 1.73 bits per heavy atom. The molecule has 0 radical (unpaired) electrons. The summed E-state index contributed by atoms with van der Waals surface area (Å²) < 4.78 is 4.72. The maximum atomic E-state index is 5.52. The molecule has 2 heterocycles. The van der Waals surface area contributed by atoms with Gasteiger partial charge >= 0.3 is 0 Å². The minimum Gasteiger partial charge on any atom is -0.313 e. The van der Waals surface area contributed by atoms with E-state index in [4.69, 9.17) is 6.42 Å². The van der Waals surface area contributed by atoms with E-state index in [1.165, 1.54) is 61.2 Å². The van der Waals surface area contributed by atoms with Gasteiger partial charge in [0.1, 0.15) is 0 Å². The first-order valence-electron chi connectivity index (χ1n) is 15.3. The molecule has 2 aromatic heterocycles. The van der Waals surface area contributed by atoms with Gasteiger partial charge in [0.15, 0.2) is 0 Å². The van der Waals surface area contributed by atoms with Crippen LogP contribution < -0.4 is 0 Å². The SMILES string of the molecule is C#C/C=C\c1c(C)n(-c2ccc(C/C(=C/C=C(\C)n3c4c(c5ccc(C)cc53)C=CCC=C4)CC=C)cc2)c2ccccc12. The summed E-state index contributed by atoms with van der Waals surface area (Å²) in [6.45, 7) is 10.6. The molecular weight excluding hydrogens is 532 g/mol. The van der Waals surface area contributed by atoms with Gasteiger partial charge in [-0.3, -0.25) is 0 Å². The van der Waals surface area contributed by atoms with Crippen LogP contribution in [0.3, 0.4) is 0 Å². The Balaban J connectivity index is 1.32. The maximum Gasteiger partial charge on any atom is 0.0540 e. The normalized spacial score (nSPS) is 13.5. The van der Waals surface area contributed by atoms with E-state index < -0.39 is 0 Å². The van der Waals surface area contributed by atoms with E-state index in [1.807, 2.05) is 12.2 Å². The van der Waals surface area contributed by atoms with Gasteiger partial charge in [-0.25, -0.2) is 0 Å². The Labute approximate surface area is 261 Å². The molecule has 2 heteroatoms. The third kappa shape index (κ3) is 5.46. The summed E-state index contributed by atoms with van der Waals surface area (Å²) >= 11 is 0. The van der Waals surface area contributed by atoms with Crippen molar-refractivity contribution >= 4 is 45.7 Å². The molecule has 6 rings (SSSR count). The maximum absolute atomic E-state index is 5.52. The molecule has 0 unspecified atom stereocenters. The number of hydrogen-bond acceptors (Lipinski definition) is 0. The quantitative estimate of drug-likeness (QED) is 0.0997. The molecule has 0 amide bonds. The van der Waals surface area contributed by atoms with E-state index in [2.05, 4.69) is 146 Å². The number of terminal acetylenes is 1. The van der Waals surface area contributed by atoms with E-state index in [1.54, 1.807) is 6.08 Å². The standard InChI is InChI=1S/C42H38N2/c1-6-8-15-36-32(5)44(41-19-13-12-17-37(36)41)35-25-23-34(24-26-35)29-33(14-7-2)22-21-31(4)43-40-18-11-9-10-16-38(40)39-27-20-30(3)28-42(39)43/h1,7-8,10-13,15-28H,2,9,14,29H2,3-5H3/b15-8-,31-21+,33-22+. The van der Waals surface area contributed by atoms with Crippen LogP contribution in [0, 0.1) is 26.2 Å². The number of rotatable bonds is 8. The summed E-state index contributed by atoms with van der Waals surface area (Å²) in [6, 6.07) is 24.2. The lowest BCUT2D eigenvalue weighted by atomic mass is 10.0. The highest BCUT2D eigenvalue weighted by Crippen LogP contribution is 2.34. The highest BCUT2D eigenvalue weighted by atomic mass is 15.0. The molecule has 0 saturated heterocycles. The average molecular weight is 571 g/mol. The number of para-hydroxylation sites is 1. The van der Waals surface area contributed by atoms with Gasteiger partial charge < -0.3 is 9.13 Å². The predicted molar refractivity (Wildman–Crippen MR) is 192 cm³/mol. The number of nitrogens with zero attached hydrogens (tertiary/aromatic N) is 2. The lowest BCUT2D eigenvalue weighted by molar-refractivity contribution is 1.03. The van der Waals surface area contributed by atoms with Crippen molar-refractivity contribution < 1.29 is 0 Å². The Morgan fingerprint density at radius 3 is 2.52 bits per heavy atom. The fourth-order valence-electron chi connectivity index (χ4n) is 6.40. The second-order valence-corrected chi connectivity index (χ2v) is 11.5. The highest BCUT2D eigenvalue weighted by Gasteiger charge is 2.16. The fourth-order valence-corrected chi connectivity index (χ4v) is 6.40. The molecule has 0 aliphatic heterocycles. The topological polar surface area (TPSA) is 9.86 Å². The van der Waals surface area contributed by atoms with Gasteiger partial charge in [0.25, 0.3) is 0 Å². The fraction of sp³-hybridized carbons (Fsp3) is 0.143. The van der Waals surface area contributed by atoms with Crippen LogP contribution in [0.5, 0.6) is 0 Å². The first-order valence-corrected chi connectivity index (χ1v) is 15.3. The number of hydrogen-bond donors (Lipinski definition) is 0. The Bertz CT molecular complexity index is 2070. The first-order chi connectivity index (χ1) is 21.5. The predicted octanol–water partition coefficient (Wildman–Crippen LogP) is 10.9. The lowest BCUT2D eigenvalue weighted by Gasteiger charge is -2.12. The van der Waals surface area contributed by atoms with Crippen LogP contribution in [0.1, 0.15) is 53.4 Å². The zero-order valence-electron chi connectivity index (χ0n) is 25.8. The third-order valence-electron chi connectivity index (χ3n) is 8.49. The van der Waals surface area contributed by atoms with Crippen molar-refractivity contribution in [3.05, 3.63) is 149 Å². The monoisotopic (exact) mass is 570 g/mol. The largest absolute Gasteiger partial charge is 0.313 e. The molecule has 0 fully saturated rings. The molecule has 5 aromatic rings. The molecule has 0 N–H and O–H groups in total. The van der Waals surface area contributed by atoms with Crippen molar-refractivity contribution in [1.29, 1.82) is 0 Å². The molecule has 1 aliphatic carbocycles. The first kappa shape index (κ1) is 28.8. The van der Waals surface area contributed by atoms with E-state index in [-0.39, 0.29) is 0 Å². The molecule has 0 bridgehead atoms. The van der Waals surface area contributed by atoms with Crippen LogP contribution in [0.25, 0.3) is 51.4 Å². The average Bonchev–Trinajstić information content (AvgIpc) is 3.35. The highest BCUT2D eigenvalue weighted by molar-refractivity contribution is 5.97. The Kier molecular flexibility index (Phi) is 8.22. The second-order valence-electron chi connectivity index (χ2n) is 11.5. The van der Waals surface area contributed by atoms with E-state index >= 15 is 0 Å². The van der Waals surface area contributed by atoms with E-state index in [0.717, 1.165) is 30.5 Å². The molecule has 2 nitrogen and oxygen atoms in total. The summed E-state index contributed by atoms with van der Waals surface area (Å²) in [6.07, 6.45) is 27.6. The van der Waals surface area contributed by atoms with Gasteiger partial charge in [0.2, 0.25) is 0 Å². The number of allylic oxidation sites excluding steroid dienone is 8. The summed E-state index contributed by atoms with van der Waals surface area (Å²) in [4.78, 5) is 0. The third-order valence-corrected chi connectivity index (χ3v) is 8.49. The molecule has 216 valence electrons. The van der Waals surface area contributed by atoms with Crippen molar-refractivity contribution in [2.45, 2.75) is 40.0 Å². The second kappa shape index (κ2) is 12.5. The van der Waals surface area contributed by atoms with Gasteiger partial charge in [0.05, 0.1) is 16.7 Å². The van der Waals surface area contributed by atoms with Gasteiger partial charge in [-0.05, 0) is 99.7 Å². The van der Waals surface area contributed by atoms with E-state index in [0.29, 0.717) is 0 Å². The number of benzene rings is 3. The summed E-state index contributed by atoms with van der Waals surface area (Å²) in [7, 11) is 0. The number of aromatic nitrogens is 2. The zero-order chi connectivity index (χ0) is 30.6. The molecule has 1 aliphatic rings. The summed E-state index contributed by atoms with van der Waals surface area (Å²) in [5.74, 6) is 2.63. The minimum atomic E-state index is 0.837. The number of aryl methyl sites for hydroxylation is 1. The van der Waals surface area contributed by atoms with Crippen LogP contribution in [0.15, 0.2) is 115 Å². The van der Waals surface area contributed by atoms with Crippen LogP contribution >= 0.6 is 0 Å². The van der Waals surface area contributed by atoms with Gasteiger partial charge in [-0.15, -0.1) is 13.0 Å². The molecule has 0 spiro atoms. The van der Waals surface area contributed by atoms with Crippen molar-refractivity contribution in [2.24, 2.45) is 0 Å². The summed E-state index contributed by atoms with van der Waals surface area (Å²) in [5.41, 5.74) is 13.5. The van der Waals surface area contributed by atoms with Gasteiger partial charge in [-0.1, -0.05) is 84.3 Å². The smallest absolute Gasteiger partial charge is 0.0540 e. The van der Waals surface area contributed by atoms with Crippen molar-refractivity contribution in [2.75, 3.05) is 0 Å². The van der Waals surface area contributed by atoms with Crippen LogP contribution in [-0.2, 0) is 6.42 Å². The van der Waals surface area contributed by atoms with Crippen molar-refractivity contribution in [3.63, 3.8) is 0 Å². The zero-order valence-corrected chi connectivity index (χ0v) is 25.8. The molecule has 44 heavy (non-hydrogen) atoms. The van der Waals surface area contributed by atoms with Crippen molar-refractivity contribution in [3.8, 4) is 18.0 Å². The minimum absolute atomic E-state index is 0.837. The van der Waals surface area contributed by atoms with Gasteiger partial charge in [-0.2, -0.15) is 0 Å².